The van der Waals surface area contributed by atoms with Crippen LogP contribution < -0.4 is 16.4 Å². The van der Waals surface area contributed by atoms with E-state index in [9.17, 15) is 14.7 Å². The fourth-order valence-electron chi connectivity index (χ4n) is 3.25. The van der Waals surface area contributed by atoms with E-state index >= 15 is 0 Å². The zero-order valence-electron chi connectivity index (χ0n) is 16.5. The highest BCUT2D eigenvalue weighted by Gasteiger charge is 2.40. The summed E-state index contributed by atoms with van der Waals surface area (Å²) in [6.07, 6.45) is -0.865. The van der Waals surface area contributed by atoms with Crippen molar-refractivity contribution in [2.24, 2.45) is 5.73 Å². The first-order chi connectivity index (χ1) is 14.3. The van der Waals surface area contributed by atoms with E-state index in [1.54, 1.807) is 43.4 Å². The van der Waals surface area contributed by atoms with Gasteiger partial charge in [-0.2, -0.15) is 0 Å². The van der Waals surface area contributed by atoms with E-state index in [4.69, 9.17) is 22.7 Å². The maximum Gasteiger partial charge on any atom is 0.256 e. The fourth-order valence-corrected chi connectivity index (χ4v) is 3.49. The molecule has 2 aromatic rings. The van der Waals surface area contributed by atoms with Gasteiger partial charge in [-0.1, -0.05) is 35.9 Å². The number of carbonyl (C=O) groups is 2. The van der Waals surface area contributed by atoms with E-state index in [0.29, 0.717) is 34.8 Å². The van der Waals surface area contributed by atoms with Gasteiger partial charge in [0, 0.05) is 36.4 Å². The van der Waals surface area contributed by atoms with Crippen molar-refractivity contribution in [3.63, 3.8) is 0 Å². The van der Waals surface area contributed by atoms with E-state index in [2.05, 4.69) is 10.6 Å². The number of nitrogens with zero attached hydrogens (tertiary/aromatic N) is 1. The summed E-state index contributed by atoms with van der Waals surface area (Å²) in [7, 11) is 1.72. The van der Waals surface area contributed by atoms with Crippen LogP contribution >= 0.6 is 11.6 Å². The Morgan fingerprint density at radius 1 is 1.30 bits per heavy atom. The SMILES string of the molecule is CNc1cc(Cl)cc([C@H](O)C(=O)N2CCC2C(=O)NCc2ccc(C(=N)N)cc2)c1. The number of likely N-dealkylation sites (tertiary alicyclic amines) is 1. The quantitative estimate of drug-likeness (QED) is 0.337. The molecule has 2 atom stereocenters. The Morgan fingerprint density at radius 3 is 2.57 bits per heavy atom. The van der Waals surface area contributed by atoms with Gasteiger partial charge in [0.15, 0.2) is 6.10 Å². The molecule has 1 heterocycles. The third kappa shape index (κ3) is 4.72. The van der Waals surface area contributed by atoms with Crippen LogP contribution in [0.5, 0.6) is 0 Å². The average molecular weight is 430 g/mol. The molecule has 0 aromatic heterocycles. The van der Waals surface area contributed by atoms with Gasteiger partial charge in [-0.25, -0.2) is 0 Å². The number of nitrogens with one attached hydrogen (secondary N) is 3. The fraction of sp³-hybridized carbons (Fsp3) is 0.286. The highest BCUT2D eigenvalue weighted by molar-refractivity contribution is 6.31. The second-order valence-electron chi connectivity index (χ2n) is 7.09. The predicted molar refractivity (Wildman–Crippen MR) is 115 cm³/mol. The second kappa shape index (κ2) is 9.15. The van der Waals surface area contributed by atoms with Crippen molar-refractivity contribution in [2.45, 2.75) is 25.1 Å². The molecule has 0 saturated carbocycles. The van der Waals surface area contributed by atoms with Crippen LogP contribution in [-0.2, 0) is 16.1 Å². The molecular weight excluding hydrogens is 406 g/mol. The maximum absolute atomic E-state index is 12.7. The number of amidine groups is 1. The van der Waals surface area contributed by atoms with Crippen LogP contribution in [0.4, 0.5) is 5.69 Å². The smallest absolute Gasteiger partial charge is 0.256 e. The van der Waals surface area contributed by atoms with Crippen LogP contribution in [0.1, 0.15) is 29.2 Å². The third-order valence-corrected chi connectivity index (χ3v) is 5.31. The number of aliphatic hydroxyl groups excluding tert-OH is 1. The Hall–Kier alpha value is -3.10. The molecule has 3 rings (SSSR count). The molecule has 0 spiro atoms. The Bertz CT molecular complexity index is 964. The van der Waals surface area contributed by atoms with Crippen molar-refractivity contribution >= 4 is 34.9 Å². The number of nitrogen functional groups attached to an aromatic ring is 1. The second-order valence-corrected chi connectivity index (χ2v) is 7.53. The monoisotopic (exact) mass is 429 g/mol. The van der Waals surface area contributed by atoms with Crippen molar-refractivity contribution < 1.29 is 14.7 Å². The molecule has 1 aliphatic heterocycles. The largest absolute Gasteiger partial charge is 0.388 e. The number of amides is 2. The summed E-state index contributed by atoms with van der Waals surface area (Å²) in [5.41, 5.74) is 7.94. The Balaban J connectivity index is 1.60. The molecular formula is C21H24ClN5O3. The number of hydrogen-bond acceptors (Lipinski definition) is 5. The number of nitrogens with two attached hydrogens (primary N) is 1. The standard InChI is InChI=1S/C21H24ClN5O3/c1-25-16-9-14(8-15(22)10-16)18(28)21(30)27-7-6-17(27)20(29)26-11-12-2-4-13(5-3-12)19(23)24/h2-5,8-10,17-18,25,28H,6-7,11H2,1H3,(H3,23,24)(H,26,29)/t17?,18-/m0/s1. The lowest BCUT2D eigenvalue weighted by Gasteiger charge is -2.40. The first kappa shape index (κ1) is 21.6. The van der Waals surface area contributed by atoms with Crippen molar-refractivity contribution in [3.05, 3.63) is 64.2 Å². The van der Waals surface area contributed by atoms with Gasteiger partial charge >= 0.3 is 0 Å². The molecule has 2 amide bonds. The van der Waals surface area contributed by atoms with Crippen molar-refractivity contribution in [3.8, 4) is 0 Å². The molecule has 6 N–H and O–H groups in total. The van der Waals surface area contributed by atoms with Gasteiger partial charge in [-0.15, -0.1) is 0 Å². The minimum absolute atomic E-state index is 0.0192. The summed E-state index contributed by atoms with van der Waals surface area (Å²) < 4.78 is 0. The van der Waals surface area contributed by atoms with Crippen LogP contribution in [0.3, 0.4) is 0 Å². The molecule has 1 aliphatic rings. The van der Waals surface area contributed by atoms with Gasteiger partial charge in [-0.05, 0) is 35.7 Å². The minimum atomic E-state index is -1.40. The molecule has 0 radical (unpaired) electrons. The Labute approximate surface area is 179 Å². The highest BCUT2D eigenvalue weighted by Crippen LogP contribution is 2.28. The van der Waals surface area contributed by atoms with E-state index in [-0.39, 0.29) is 18.3 Å². The zero-order chi connectivity index (χ0) is 21.8. The molecule has 8 nitrogen and oxygen atoms in total. The maximum atomic E-state index is 12.7. The van der Waals surface area contributed by atoms with E-state index < -0.39 is 18.1 Å². The summed E-state index contributed by atoms with van der Waals surface area (Å²) in [4.78, 5) is 26.6. The molecule has 0 aliphatic carbocycles. The number of benzene rings is 2. The van der Waals surface area contributed by atoms with Crippen LogP contribution in [0.2, 0.25) is 5.02 Å². The molecule has 1 unspecified atom stereocenters. The van der Waals surface area contributed by atoms with E-state index in [1.165, 1.54) is 11.0 Å². The number of carbonyl (C=O) groups excluding carboxylic acids is 2. The van der Waals surface area contributed by atoms with Crippen LogP contribution in [0, 0.1) is 5.41 Å². The highest BCUT2D eigenvalue weighted by atomic mass is 35.5. The van der Waals surface area contributed by atoms with Crippen molar-refractivity contribution in [1.82, 2.24) is 10.2 Å². The Morgan fingerprint density at radius 2 is 2.00 bits per heavy atom. The van der Waals surface area contributed by atoms with E-state index in [0.717, 1.165) is 5.56 Å². The van der Waals surface area contributed by atoms with Gasteiger partial charge < -0.3 is 26.4 Å². The molecule has 0 bridgehead atoms. The van der Waals surface area contributed by atoms with Crippen molar-refractivity contribution in [1.29, 1.82) is 5.41 Å². The molecule has 1 fully saturated rings. The van der Waals surface area contributed by atoms with Gasteiger partial charge in [-0.3, -0.25) is 15.0 Å². The summed E-state index contributed by atoms with van der Waals surface area (Å²) in [5.74, 6) is -0.828. The number of halogens is 1. The topological polar surface area (TPSA) is 132 Å². The number of hydrogen-bond donors (Lipinski definition) is 5. The summed E-state index contributed by atoms with van der Waals surface area (Å²) >= 11 is 6.05. The summed E-state index contributed by atoms with van der Waals surface area (Å²) in [6, 6.07) is 11.2. The predicted octanol–water partition coefficient (Wildman–Crippen LogP) is 1.62. The van der Waals surface area contributed by atoms with Crippen LogP contribution in [-0.4, -0.2) is 47.3 Å². The molecule has 1 saturated heterocycles. The third-order valence-electron chi connectivity index (χ3n) is 5.10. The molecule has 2 aromatic carbocycles. The van der Waals surface area contributed by atoms with E-state index in [1.807, 2.05) is 0 Å². The lowest BCUT2D eigenvalue weighted by atomic mass is 9.98. The number of rotatable bonds is 7. The van der Waals surface area contributed by atoms with Gasteiger partial charge in [0.25, 0.3) is 5.91 Å². The van der Waals surface area contributed by atoms with Gasteiger partial charge in [0.2, 0.25) is 5.91 Å². The molecule has 30 heavy (non-hydrogen) atoms. The number of aliphatic hydroxyl groups is 1. The molecule has 158 valence electrons. The van der Waals surface area contributed by atoms with Crippen LogP contribution in [0.25, 0.3) is 0 Å². The normalized spacial score (nSPS) is 16.4. The summed E-state index contributed by atoms with van der Waals surface area (Å²) in [5, 5.41) is 24.0. The number of anilines is 1. The zero-order valence-corrected chi connectivity index (χ0v) is 17.2. The molecule has 9 heteroatoms. The van der Waals surface area contributed by atoms with Crippen LogP contribution in [0.15, 0.2) is 42.5 Å². The van der Waals surface area contributed by atoms with Crippen molar-refractivity contribution in [2.75, 3.05) is 18.9 Å². The minimum Gasteiger partial charge on any atom is -0.388 e. The lowest BCUT2D eigenvalue weighted by molar-refractivity contribution is -0.154. The van der Waals surface area contributed by atoms with Gasteiger partial charge in [0.1, 0.15) is 11.9 Å². The average Bonchev–Trinajstić information content (AvgIpc) is 2.70. The summed E-state index contributed by atoms with van der Waals surface area (Å²) in [6.45, 7) is 0.693. The van der Waals surface area contributed by atoms with Gasteiger partial charge in [0.05, 0.1) is 0 Å². The first-order valence-corrected chi connectivity index (χ1v) is 9.85. The Kier molecular flexibility index (Phi) is 6.59. The lowest BCUT2D eigenvalue weighted by Crippen LogP contribution is -2.59. The first-order valence-electron chi connectivity index (χ1n) is 9.48.